The highest BCUT2D eigenvalue weighted by atomic mass is 35.5. The van der Waals surface area contributed by atoms with Crippen LogP contribution in [0.15, 0.2) is 71.3 Å². The maximum Gasteiger partial charge on any atom is 0.242 e. The van der Waals surface area contributed by atoms with Crippen molar-refractivity contribution in [2.75, 3.05) is 0 Å². The first-order valence-electron chi connectivity index (χ1n) is 9.51. The van der Waals surface area contributed by atoms with E-state index in [1.165, 1.54) is 0 Å². The van der Waals surface area contributed by atoms with Crippen molar-refractivity contribution in [3.05, 3.63) is 93.9 Å². The molecule has 5 nitrogen and oxygen atoms in total. The number of hydrogen-bond acceptors (Lipinski definition) is 3. The van der Waals surface area contributed by atoms with Gasteiger partial charge in [0.15, 0.2) is 0 Å². The number of nitrogens with one attached hydrogen (secondary N) is 1. The van der Waals surface area contributed by atoms with Gasteiger partial charge in [0, 0.05) is 16.6 Å². The molecule has 2 amide bonds. The molecule has 1 atom stereocenters. The van der Waals surface area contributed by atoms with Crippen molar-refractivity contribution in [2.24, 2.45) is 0 Å². The Labute approximate surface area is 185 Å². The molecule has 0 aliphatic heterocycles. The Morgan fingerprint density at radius 3 is 2.13 bits per heavy atom. The summed E-state index contributed by atoms with van der Waals surface area (Å²) in [5.74, 6) is 0.227. The van der Waals surface area contributed by atoms with E-state index < -0.39 is 6.04 Å². The molecule has 30 heavy (non-hydrogen) atoms. The molecule has 0 fully saturated rings. The van der Waals surface area contributed by atoms with Crippen molar-refractivity contribution in [1.82, 2.24) is 10.2 Å². The average molecular weight is 445 g/mol. The van der Waals surface area contributed by atoms with Gasteiger partial charge < -0.3 is 14.6 Å². The second-order valence-corrected chi connectivity index (χ2v) is 7.80. The predicted molar refractivity (Wildman–Crippen MR) is 117 cm³/mol. The molecule has 3 aromatic rings. The molecule has 0 aliphatic carbocycles. The Morgan fingerprint density at radius 1 is 0.967 bits per heavy atom. The summed E-state index contributed by atoms with van der Waals surface area (Å²) in [6, 6.07) is 17.2. The molecule has 1 unspecified atom stereocenters. The molecule has 0 saturated heterocycles. The second kappa shape index (κ2) is 10.3. The quantitative estimate of drug-likeness (QED) is 0.539. The van der Waals surface area contributed by atoms with Gasteiger partial charge in [-0.1, -0.05) is 47.5 Å². The van der Waals surface area contributed by atoms with Crippen LogP contribution < -0.4 is 5.32 Å². The van der Waals surface area contributed by atoms with Gasteiger partial charge >= 0.3 is 0 Å². The fourth-order valence-electron chi connectivity index (χ4n) is 2.98. The number of hydrogen-bond donors (Lipinski definition) is 1. The largest absolute Gasteiger partial charge is 0.467 e. The molecule has 2 aromatic carbocycles. The lowest BCUT2D eigenvalue weighted by Gasteiger charge is -2.29. The van der Waals surface area contributed by atoms with Crippen molar-refractivity contribution >= 4 is 35.0 Å². The van der Waals surface area contributed by atoms with E-state index >= 15 is 0 Å². The standard InChI is InChI=1S/C23H22Cl2N2O3/c1-16(23(29)26-14-21-3-2-12-30-21)27(15-18-6-10-20(25)11-7-18)22(28)13-17-4-8-19(24)9-5-17/h2-12,16H,13-15H2,1H3,(H,26,29). The lowest BCUT2D eigenvalue weighted by atomic mass is 10.1. The van der Waals surface area contributed by atoms with E-state index in [1.54, 1.807) is 54.5 Å². The molecule has 0 spiro atoms. The number of nitrogens with zero attached hydrogens (tertiary/aromatic N) is 1. The van der Waals surface area contributed by atoms with Crippen molar-refractivity contribution in [3.8, 4) is 0 Å². The van der Waals surface area contributed by atoms with E-state index in [4.69, 9.17) is 27.6 Å². The Balaban J connectivity index is 1.74. The second-order valence-electron chi connectivity index (χ2n) is 6.92. The van der Waals surface area contributed by atoms with E-state index in [-0.39, 0.29) is 24.8 Å². The summed E-state index contributed by atoms with van der Waals surface area (Å²) in [6.07, 6.45) is 1.72. The number of furan rings is 1. The molecule has 0 bridgehead atoms. The SMILES string of the molecule is CC(C(=O)NCc1ccco1)N(Cc1ccc(Cl)cc1)C(=O)Cc1ccc(Cl)cc1. The first-order chi connectivity index (χ1) is 14.4. The molecule has 7 heteroatoms. The van der Waals surface area contributed by atoms with Gasteiger partial charge in [0.2, 0.25) is 11.8 Å². The van der Waals surface area contributed by atoms with Crippen LogP contribution in [0.5, 0.6) is 0 Å². The molecule has 3 rings (SSSR count). The highest BCUT2D eigenvalue weighted by Gasteiger charge is 2.26. The van der Waals surface area contributed by atoms with Gasteiger partial charge in [-0.3, -0.25) is 9.59 Å². The maximum atomic E-state index is 13.1. The minimum Gasteiger partial charge on any atom is -0.467 e. The Kier molecular flexibility index (Phi) is 7.55. The van der Waals surface area contributed by atoms with E-state index in [0.29, 0.717) is 22.4 Å². The predicted octanol–water partition coefficient (Wildman–Crippen LogP) is 4.86. The molecule has 1 heterocycles. The zero-order valence-electron chi connectivity index (χ0n) is 16.5. The van der Waals surface area contributed by atoms with Crippen LogP contribution >= 0.6 is 23.2 Å². The summed E-state index contributed by atoms with van der Waals surface area (Å²) in [6.45, 7) is 2.27. The van der Waals surface area contributed by atoms with Crippen LogP contribution in [0.25, 0.3) is 0 Å². The summed E-state index contributed by atoms with van der Waals surface area (Å²) in [5, 5.41) is 4.04. The van der Waals surface area contributed by atoms with Gasteiger partial charge in [0.1, 0.15) is 11.8 Å². The van der Waals surface area contributed by atoms with Gasteiger partial charge in [0.25, 0.3) is 0 Å². The van der Waals surface area contributed by atoms with Crippen molar-refractivity contribution < 1.29 is 14.0 Å². The fraction of sp³-hybridized carbons (Fsp3) is 0.217. The highest BCUT2D eigenvalue weighted by molar-refractivity contribution is 6.30. The molecule has 0 radical (unpaired) electrons. The number of carbonyl (C=O) groups is 2. The number of benzene rings is 2. The van der Waals surface area contributed by atoms with Crippen LogP contribution in [-0.4, -0.2) is 22.8 Å². The fourth-order valence-corrected chi connectivity index (χ4v) is 3.23. The molecule has 1 N–H and O–H groups in total. The average Bonchev–Trinajstić information content (AvgIpc) is 3.26. The van der Waals surface area contributed by atoms with Crippen LogP contribution in [0.4, 0.5) is 0 Å². The Morgan fingerprint density at radius 2 is 1.57 bits per heavy atom. The normalized spacial score (nSPS) is 11.7. The van der Waals surface area contributed by atoms with E-state index in [1.807, 2.05) is 24.3 Å². The lowest BCUT2D eigenvalue weighted by molar-refractivity contribution is -0.140. The maximum absolute atomic E-state index is 13.1. The zero-order chi connectivity index (χ0) is 21.5. The summed E-state index contributed by atoms with van der Waals surface area (Å²) in [4.78, 5) is 27.4. The number of carbonyl (C=O) groups excluding carboxylic acids is 2. The van der Waals surface area contributed by atoms with Crippen LogP contribution in [-0.2, 0) is 29.1 Å². The monoisotopic (exact) mass is 444 g/mol. The molecule has 156 valence electrons. The van der Waals surface area contributed by atoms with Gasteiger partial charge in [-0.15, -0.1) is 0 Å². The third-order valence-electron chi connectivity index (χ3n) is 4.72. The van der Waals surface area contributed by atoms with Gasteiger partial charge in [-0.25, -0.2) is 0 Å². The van der Waals surface area contributed by atoms with E-state index in [9.17, 15) is 9.59 Å². The summed E-state index contributed by atoms with van der Waals surface area (Å²) in [5.41, 5.74) is 1.71. The molecule has 0 aliphatic rings. The topological polar surface area (TPSA) is 62.6 Å². The van der Waals surface area contributed by atoms with Gasteiger partial charge in [-0.2, -0.15) is 0 Å². The number of amides is 2. The van der Waals surface area contributed by atoms with Gasteiger partial charge in [0.05, 0.1) is 19.2 Å². The minimum atomic E-state index is -0.671. The van der Waals surface area contributed by atoms with Crippen LogP contribution in [0.1, 0.15) is 23.8 Å². The third-order valence-corrected chi connectivity index (χ3v) is 5.22. The first kappa shape index (κ1) is 21.9. The smallest absolute Gasteiger partial charge is 0.242 e. The number of halogens is 2. The van der Waals surface area contributed by atoms with E-state index in [2.05, 4.69) is 5.32 Å². The number of rotatable bonds is 8. The minimum absolute atomic E-state index is 0.159. The molecular formula is C23H22Cl2N2O3. The van der Waals surface area contributed by atoms with Gasteiger partial charge in [-0.05, 0) is 54.4 Å². The third kappa shape index (κ3) is 6.12. The Bertz CT molecular complexity index is 971. The first-order valence-corrected chi connectivity index (χ1v) is 10.3. The van der Waals surface area contributed by atoms with Crippen molar-refractivity contribution in [1.29, 1.82) is 0 Å². The summed E-state index contributed by atoms with van der Waals surface area (Å²) >= 11 is 11.9. The van der Waals surface area contributed by atoms with Crippen LogP contribution in [0.2, 0.25) is 10.0 Å². The lowest BCUT2D eigenvalue weighted by Crippen LogP contribution is -2.47. The molecular weight excluding hydrogens is 423 g/mol. The molecule has 0 saturated carbocycles. The van der Waals surface area contributed by atoms with Crippen LogP contribution in [0, 0.1) is 0 Å². The summed E-state index contributed by atoms with van der Waals surface area (Å²) < 4.78 is 5.25. The van der Waals surface area contributed by atoms with Crippen molar-refractivity contribution in [3.63, 3.8) is 0 Å². The summed E-state index contributed by atoms with van der Waals surface area (Å²) in [7, 11) is 0. The molecule has 1 aromatic heterocycles. The Hall–Kier alpha value is -2.76. The van der Waals surface area contributed by atoms with Crippen LogP contribution in [0.3, 0.4) is 0 Å². The highest BCUT2D eigenvalue weighted by Crippen LogP contribution is 2.16. The zero-order valence-corrected chi connectivity index (χ0v) is 18.0. The van der Waals surface area contributed by atoms with Crippen molar-refractivity contribution in [2.45, 2.75) is 32.5 Å². The van der Waals surface area contributed by atoms with E-state index in [0.717, 1.165) is 11.1 Å².